The van der Waals surface area contributed by atoms with Gasteiger partial charge < -0.3 is 10.2 Å². The fraction of sp³-hybridized carbons (Fsp3) is 0.714. The Labute approximate surface area is 128 Å². The molecule has 1 saturated heterocycles. The zero-order valence-corrected chi connectivity index (χ0v) is 14.0. The monoisotopic (exact) mass is 342 g/mol. The van der Waals surface area contributed by atoms with Gasteiger partial charge in [-0.3, -0.25) is 4.79 Å². The van der Waals surface area contributed by atoms with E-state index >= 15 is 0 Å². The summed E-state index contributed by atoms with van der Waals surface area (Å²) in [5, 5.41) is 7.58. The van der Waals surface area contributed by atoms with Gasteiger partial charge in [-0.1, -0.05) is 13.8 Å². The molecule has 0 aromatic carbocycles. The Balaban J connectivity index is 2.05. The Morgan fingerprint density at radius 2 is 2.30 bits per heavy atom. The molecular formula is C14H23BrN4O. The third-order valence-corrected chi connectivity index (χ3v) is 4.49. The second-order valence-corrected chi connectivity index (χ2v) is 6.70. The second-order valence-electron chi connectivity index (χ2n) is 5.91. The van der Waals surface area contributed by atoms with E-state index in [2.05, 4.69) is 52.1 Å². The Bertz CT molecular complexity index is 514. The van der Waals surface area contributed by atoms with Gasteiger partial charge in [-0.05, 0) is 48.3 Å². The minimum Gasteiger partial charge on any atom is -0.381 e. The van der Waals surface area contributed by atoms with Crippen molar-refractivity contribution in [2.24, 2.45) is 5.92 Å². The van der Waals surface area contributed by atoms with Crippen molar-refractivity contribution in [2.45, 2.75) is 39.3 Å². The lowest BCUT2D eigenvalue weighted by molar-refractivity contribution is 0.322. The summed E-state index contributed by atoms with van der Waals surface area (Å²) in [4.78, 5) is 14.5. The SMILES string of the molecule is CC(C)Cn1ncc(NCC2CCCN2C)c(Br)c1=O. The first-order chi connectivity index (χ1) is 9.49. The molecule has 1 unspecified atom stereocenters. The fourth-order valence-electron chi connectivity index (χ4n) is 2.53. The normalized spacial score (nSPS) is 19.8. The largest absolute Gasteiger partial charge is 0.381 e. The molecule has 0 bridgehead atoms. The summed E-state index contributed by atoms with van der Waals surface area (Å²) in [5.41, 5.74) is 0.721. The molecule has 20 heavy (non-hydrogen) atoms. The maximum atomic E-state index is 12.2. The van der Waals surface area contributed by atoms with Crippen molar-refractivity contribution >= 4 is 21.6 Å². The lowest BCUT2D eigenvalue weighted by Gasteiger charge is -2.20. The van der Waals surface area contributed by atoms with E-state index in [9.17, 15) is 4.79 Å². The number of rotatable bonds is 5. The molecule has 1 aliphatic rings. The molecule has 2 rings (SSSR count). The van der Waals surface area contributed by atoms with Crippen LogP contribution in [0.25, 0.3) is 0 Å². The number of anilines is 1. The van der Waals surface area contributed by atoms with E-state index in [0.29, 0.717) is 23.0 Å². The van der Waals surface area contributed by atoms with Crippen molar-refractivity contribution in [3.8, 4) is 0 Å². The van der Waals surface area contributed by atoms with Gasteiger partial charge in [0, 0.05) is 19.1 Å². The summed E-state index contributed by atoms with van der Waals surface area (Å²) in [6.45, 7) is 6.80. The number of nitrogens with zero attached hydrogens (tertiary/aromatic N) is 3. The van der Waals surface area contributed by atoms with Gasteiger partial charge >= 0.3 is 0 Å². The Morgan fingerprint density at radius 1 is 1.55 bits per heavy atom. The fourth-order valence-corrected chi connectivity index (χ4v) is 2.98. The van der Waals surface area contributed by atoms with Gasteiger partial charge in [-0.25, -0.2) is 4.68 Å². The van der Waals surface area contributed by atoms with Crippen molar-refractivity contribution in [1.29, 1.82) is 0 Å². The van der Waals surface area contributed by atoms with Crippen molar-refractivity contribution in [3.05, 3.63) is 21.0 Å². The standard InChI is InChI=1S/C14H23BrN4O/c1-10(2)9-19-14(20)13(15)12(8-17-19)16-7-11-5-4-6-18(11)3/h8,10-11,16H,4-7,9H2,1-3H3. The summed E-state index contributed by atoms with van der Waals surface area (Å²) in [6, 6.07) is 0.542. The summed E-state index contributed by atoms with van der Waals surface area (Å²) in [6.07, 6.45) is 4.19. The van der Waals surface area contributed by atoms with Gasteiger partial charge in [0.1, 0.15) is 4.47 Å². The highest BCUT2D eigenvalue weighted by atomic mass is 79.9. The zero-order valence-electron chi connectivity index (χ0n) is 12.4. The Morgan fingerprint density at radius 3 is 2.90 bits per heavy atom. The molecule has 1 N–H and O–H groups in total. The quantitative estimate of drug-likeness (QED) is 0.890. The number of likely N-dealkylation sites (tertiary alicyclic amines) is 1. The van der Waals surface area contributed by atoms with E-state index < -0.39 is 0 Å². The van der Waals surface area contributed by atoms with Crippen LogP contribution < -0.4 is 10.9 Å². The number of halogens is 1. The molecule has 0 amide bonds. The second kappa shape index (κ2) is 6.72. The summed E-state index contributed by atoms with van der Waals surface area (Å²) in [5.74, 6) is 0.401. The minimum absolute atomic E-state index is 0.0662. The number of nitrogens with one attached hydrogen (secondary N) is 1. The summed E-state index contributed by atoms with van der Waals surface area (Å²) >= 11 is 3.40. The molecule has 1 atom stereocenters. The van der Waals surface area contributed by atoms with E-state index in [1.54, 1.807) is 6.20 Å². The van der Waals surface area contributed by atoms with E-state index in [1.165, 1.54) is 17.5 Å². The predicted octanol–water partition coefficient (Wildman–Crippen LogP) is 2.17. The van der Waals surface area contributed by atoms with Crippen molar-refractivity contribution in [3.63, 3.8) is 0 Å². The van der Waals surface area contributed by atoms with Crippen LogP contribution in [0.5, 0.6) is 0 Å². The molecule has 1 aromatic rings. The van der Waals surface area contributed by atoms with E-state index in [1.807, 2.05) is 0 Å². The zero-order chi connectivity index (χ0) is 14.7. The molecule has 2 heterocycles. The number of hydrogen-bond acceptors (Lipinski definition) is 4. The van der Waals surface area contributed by atoms with Crippen molar-refractivity contribution in [2.75, 3.05) is 25.5 Å². The average molecular weight is 343 g/mol. The van der Waals surface area contributed by atoms with Gasteiger partial charge in [-0.15, -0.1) is 0 Å². The molecule has 1 aromatic heterocycles. The van der Waals surface area contributed by atoms with Crippen LogP contribution in [0, 0.1) is 5.92 Å². The summed E-state index contributed by atoms with van der Waals surface area (Å²) < 4.78 is 2.09. The maximum Gasteiger partial charge on any atom is 0.283 e. The molecule has 6 heteroatoms. The molecule has 0 radical (unpaired) electrons. The van der Waals surface area contributed by atoms with Gasteiger partial charge in [0.05, 0.1) is 11.9 Å². The first-order valence-electron chi connectivity index (χ1n) is 7.18. The van der Waals surface area contributed by atoms with Gasteiger partial charge in [0.25, 0.3) is 5.56 Å². The van der Waals surface area contributed by atoms with Crippen LogP contribution >= 0.6 is 15.9 Å². The molecule has 5 nitrogen and oxygen atoms in total. The third-order valence-electron chi connectivity index (χ3n) is 3.72. The lowest BCUT2D eigenvalue weighted by atomic mass is 10.2. The van der Waals surface area contributed by atoms with E-state index in [4.69, 9.17) is 0 Å². The molecule has 112 valence electrons. The van der Waals surface area contributed by atoms with Gasteiger partial charge in [-0.2, -0.15) is 5.10 Å². The van der Waals surface area contributed by atoms with E-state index in [0.717, 1.165) is 18.8 Å². The van der Waals surface area contributed by atoms with Crippen LogP contribution in [0.3, 0.4) is 0 Å². The summed E-state index contributed by atoms with van der Waals surface area (Å²) in [7, 11) is 2.15. The van der Waals surface area contributed by atoms with Gasteiger partial charge in [0.2, 0.25) is 0 Å². The molecule has 0 saturated carbocycles. The highest BCUT2D eigenvalue weighted by Gasteiger charge is 2.21. The number of hydrogen-bond donors (Lipinski definition) is 1. The van der Waals surface area contributed by atoms with Gasteiger partial charge in [0.15, 0.2) is 0 Å². The Kier molecular flexibility index (Phi) is 5.21. The smallest absolute Gasteiger partial charge is 0.283 e. The highest BCUT2D eigenvalue weighted by Crippen LogP contribution is 2.19. The minimum atomic E-state index is -0.0662. The van der Waals surface area contributed by atoms with Crippen molar-refractivity contribution < 1.29 is 0 Å². The van der Waals surface area contributed by atoms with Crippen LogP contribution in [0.4, 0.5) is 5.69 Å². The topological polar surface area (TPSA) is 50.2 Å². The maximum absolute atomic E-state index is 12.2. The van der Waals surface area contributed by atoms with Crippen molar-refractivity contribution in [1.82, 2.24) is 14.7 Å². The molecule has 1 aliphatic heterocycles. The van der Waals surface area contributed by atoms with Crippen LogP contribution in [-0.4, -0.2) is 40.9 Å². The van der Waals surface area contributed by atoms with Crippen LogP contribution in [-0.2, 0) is 6.54 Å². The van der Waals surface area contributed by atoms with Crippen LogP contribution in [0.2, 0.25) is 0 Å². The van der Waals surface area contributed by atoms with Crippen LogP contribution in [0.15, 0.2) is 15.5 Å². The van der Waals surface area contributed by atoms with E-state index in [-0.39, 0.29) is 5.56 Å². The predicted molar refractivity (Wildman–Crippen MR) is 85.2 cm³/mol. The first-order valence-corrected chi connectivity index (χ1v) is 7.98. The molecule has 0 spiro atoms. The Hall–Kier alpha value is -0.880. The molecule has 1 fully saturated rings. The van der Waals surface area contributed by atoms with Crippen LogP contribution in [0.1, 0.15) is 26.7 Å². The number of aromatic nitrogens is 2. The highest BCUT2D eigenvalue weighted by molar-refractivity contribution is 9.10. The number of likely N-dealkylation sites (N-methyl/N-ethyl adjacent to an activating group) is 1. The molecular weight excluding hydrogens is 320 g/mol. The first kappa shape index (κ1) is 15.5. The average Bonchev–Trinajstić information content (AvgIpc) is 2.79. The lowest BCUT2D eigenvalue weighted by Crippen LogP contribution is -2.32. The third kappa shape index (κ3) is 3.61. The molecule has 0 aliphatic carbocycles.